The minimum Gasteiger partial charge on any atom is -0.308 e. The Hall–Kier alpha value is -2.43. The van der Waals surface area contributed by atoms with E-state index in [9.17, 15) is 4.79 Å². The van der Waals surface area contributed by atoms with Crippen LogP contribution in [0, 0.1) is 6.92 Å². The highest BCUT2D eigenvalue weighted by molar-refractivity contribution is 5.99. The first-order valence-electron chi connectivity index (χ1n) is 8.66. The first-order valence-corrected chi connectivity index (χ1v) is 8.66. The second kappa shape index (κ2) is 6.99. The van der Waals surface area contributed by atoms with Gasteiger partial charge in [0.2, 0.25) is 0 Å². The minimum absolute atomic E-state index is 0.0318. The molecule has 1 unspecified atom stereocenters. The third-order valence-electron chi connectivity index (χ3n) is 4.42. The fourth-order valence-electron chi connectivity index (χ4n) is 3.24. The summed E-state index contributed by atoms with van der Waals surface area (Å²) >= 11 is 0. The van der Waals surface area contributed by atoms with Crippen molar-refractivity contribution >= 4 is 5.91 Å². The van der Waals surface area contributed by atoms with E-state index in [0.29, 0.717) is 5.56 Å². The van der Waals surface area contributed by atoms with Gasteiger partial charge in [-0.15, -0.1) is 0 Å². The maximum atomic E-state index is 13.1. The largest absolute Gasteiger partial charge is 0.308 e. The molecule has 0 saturated heterocycles. The second-order valence-electron chi connectivity index (χ2n) is 6.31. The Morgan fingerprint density at radius 3 is 2.58 bits per heavy atom. The van der Waals surface area contributed by atoms with Crippen molar-refractivity contribution in [1.82, 2.24) is 19.9 Å². The van der Waals surface area contributed by atoms with Crippen molar-refractivity contribution in [2.75, 3.05) is 0 Å². The molecule has 0 saturated carbocycles. The quantitative estimate of drug-likeness (QED) is 0.810. The number of benzene rings is 1. The molecule has 1 aliphatic rings. The van der Waals surface area contributed by atoms with Crippen LogP contribution in [-0.4, -0.2) is 31.8 Å². The lowest BCUT2D eigenvalue weighted by atomic mass is 9.90. The third kappa shape index (κ3) is 2.98. The van der Waals surface area contributed by atoms with Crippen LogP contribution in [0.15, 0.2) is 42.4 Å². The van der Waals surface area contributed by atoms with Crippen molar-refractivity contribution in [3.05, 3.63) is 53.5 Å². The molecular weight excluding hydrogens is 300 g/mol. The maximum Gasteiger partial charge on any atom is 0.260 e. The summed E-state index contributed by atoms with van der Waals surface area (Å²) in [7, 11) is 0. The molecule has 1 atom stereocenters. The highest BCUT2D eigenvalue weighted by atomic mass is 16.2. The van der Waals surface area contributed by atoms with Gasteiger partial charge in [0.15, 0.2) is 0 Å². The Bertz CT molecular complexity index is 749. The first-order chi connectivity index (χ1) is 11.7. The molecule has 2 heterocycles. The van der Waals surface area contributed by atoms with Crippen LogP contribution < -0.4 is 0 Å². The van der Waals surface area contributed by atoms with E-state index in [4.69, 9.17) is 0 Å². The van der Waals surface area contributed by atoms with Gasteiger partial charge in [-0.2, -0.15) is 15.0 Å². The lowest BCUT2D eigenvalue weighted by molar-refractivity contribution is 0.0735. The molecule has 1 aliphatic heterocycles. The fraction of sp³-hybridized carbons (Fsp3) is 0.421. The normalized spacial score (nSPS) is 16.7. The Kier molecular flexibility index (Phi) is 4.79. The Balaban J connectivity index is 1.94. The highest BCUT2D eigenvalue weighted by Crippen LogP contribution is 2.32. The van der Waals surface area contributed by atoms with Crippen molar-refractivity contribution in [2.24, 2.45) is 0 Å². The highest BCUT2D eigenvalue weighted by Gasteiger charge is 2.34. The summed E-state index contributed by atoms with van der Waals surface area (Å²) in [6.45, 7) is 6.34. The van der Waals surface area contributed by atoms with Crippen molar-refractivity contribution in [2.45, 2.75) is 52.5 Å². The monoisotopic (exact) mass is 324 g/mol. The molecule has 0 aliphatic carbocycles. The summed E-state index contributed by atoms with van der Waals surface area (Å²) in [6.07, 6.45) is 9.52. The third-order valence-corrected chi connectivity index (χ3v) is 4.42. The first kappa shape index (κ1) is 16.4. The lowest BCUT2D eigenvalue weighted by Gasteiger charge is -2.40. The molecule has 5 heteroatoms. The number of hydrogen-bond donors (Lipinski definition) is 0. The average molecular weight is 324 g/mol. The van der Waals surface area contributed by atoms with Crippen LogP contribution in [0.5, 0.6) is 0 Å². The number of rotatable bonds is 6. The molecule has 1 amide bonds. The zero-order valence-corrected chi connectivity index (χ0v) is 14.6. The number of hydrogen-bond acceptors (Lipinski definition) is 3. The van der Waals surface area contributed by atoms with Gasteiger partial charge in [-0.05, 0) is 37.5 Å². The molecule has 1 aromatic heterocycles. The molecule has 0 bridgehead atoms. The average Bonchev–Trinajstić information content (AvgIpc) is 3.10. The predicted molar refractivity (Wildman–Crippen MR) is 94.0 cm³/mol. The van der Waals surface area contributed by atoms with Gasteiger partial charge in [0.1, 0.15) is 0 Å². The van der Waals surface area contributed by atoms with Crippen LogP contribution in [0.4, 0.5) is 0 Å². The second-order valence-corrected chi connectivity index (χ2v) is 6.31. The van der Waals surface area contributed by atoms with Crippen molar-refractivity contribution in [1.29, 1.82) is 0 Å². The van der Waals surface area contributed by atoms with Gasteiger partial charge in [-0.1, -0.05) is 38.3 Å². The topological polar surface area (TPSA) is 51.0 Å². The van der Waals surface area contributed by atoms with Gasteiger partial charge in [-0.3, -0.25) is 4.79 Å². The van der Waals surface area contributed by atoms with E-state index in [0.717, 1.165) is 36.9 Å². The summed E-state index contributed by atoms with van der Waals surface area (Å²) in [5, 5.41) is 8.36. The lowest BCUT2D eigenvalue weighted by Crippen LogP contribution is -2.45. The summed E-state index contributed by atoms with van der Waals surface area (Å²) < 4.78 is 0. The Morgan fingerprint density at radius 1 is 1.17 bits per heavy atom. The van der Waals surface area contributed by atoms with Crippen LogP contribution in [0.25, 0.3) is 5.69 Å². The zero-order chi connectivity index (χ0) is 17.1. The zero-order valence-electron chi connectivity index (χ0n) is 14.6. The molecule has 126 valence electrons. The molecule has 5 nitrogen and oxygen atoms in total. The van der Waals surface area contributed by atoms with Gasteiger partial charge in [-0.25, -0.2) is 0 Å². The van der Waals surface area contributed by atoms with Gasteiger partial charge in [0.25, 0.3) is 5.91 Å². The number of amides is 1. The molecule has 0 fully saturated rings. The smallest absolute Gasteiger partial charge is 0.260 e. The van der Waals surface area contributed by atoms with E-state index in [1.807, 2.05) is 36.2 Å². The van der Waals surface area contributed by atoms with E-state index in [2.05, 4.69) is 24.0 Å². The van der Waals surface area contributed by atoms with Gasteiger partial charge in [0.05, 0.1) is 29.7 Å². The van der Waals surface area contributed by atoms with E-state index in [-0.39, 0.29) is 11.9 Å². The predicted octanol–water partition coefficient (Wildman–Crippen LogP) is 3.88. The van der Waals surface area contributed by atoms with E-state index in [1.54, 1.807) is 12.4 Å². The minimum atomic E-state index is 0.0318. The molecule has 0 spiro atoms. The molecule has 3 rings (SSSR count). The molecule has 24 heavy (non-hydrogen) atoms. The van der Waals surface area contributed by atoms with Crippen molar-refractivity contribution < 1.29 is 4.79 Å². The van der Waals surface area contributed by atoms with Gasteiger partial charge in [0, 0.05) is 6.20 Å². The molecule has 0 N–H and O–H groups in total. The van der Waals surface area contributed by atoms with Crippen LogP contribution in [0.2, 0.25) is 0 Å². The number of nitrogens with zero attached hydrogens (tertiary/aromatic N) is 4. The van der Waals surface area contributed by atoms with Crippen LogP contribution in [0.1, 0.15) is 55.5 Å². The number of carbonyl (C=O) groups is 1. The molecule has 0 radical (unpaired) electrons. The summed E-state index contributed by atoms with van der Waals surface area (Å²) in [5.41, 5.74) is 3.82. The molecule has 2 aromatic rings. The fourth-order valence-corrected chi connectivity index (χ4v) is 3.24. The standard InChI is InChI=1S/C19H24N4O/c1-4-6-15-13-22(17(15)7-5-2)19(24)16-12-14(3)8-9-18(16)23-20-10-11-21-23/h8-13,17H,4-7H2,1-3H3. The Morgan fingerprint density at radius 2 is 1.92 bits per heavy atom. The van der Waals surface area contributed by atoms with E-state index in [1.165, 1.54) is 10.4 Å². The number of aromatic nitrogens is 3. The number of aryl methyl sites for hydroxylation is 1. The number of carbonyl (C=O) groups excluding carboxylic acids is 1. The van der Waals surface area contributed by atoms with Crippen LogP contribution in [0.3, 0.4) is 0 Å². The molecule has 1 aromatic carbocycles. The summed E-state index contributed by atoms with van der Waals surface area (Å²) in [6, 6.07) is 6.05. The van der Waals surface area contributed by atoms with E-state index >= 15 is 0 Å². The summed E-state index contributed by atoms with van der Waals surface area (Å²) in [4.78, 5) is 16.5. The van der Waals surface area contributed by atoms with E-state index < -0.39 is 0 Å². The summed E-state index contributed by atoms with van der Waals surface area (Å²) in [5.74, 6) is 0.0318. The SMILES string of the molecule is CCCC1=CN(C(=O)c2cc(C)ccc2-n2nccn2)C1CCC. The van der Waals surface area contributed by atoms with Gasteiger partial charge >= 0.3 is 0 Å². The molecular formula is C19H24N4O. The van der Waals surface area contributed by atoms with Crippen LogP contribution in [-0.2, 0) is 0 Å². The van der Waals surface area contributed by atoms with Crippen molar-refractivity contribution in [3.63, 3.8) is 0 Å². The maximum absolute atomic E-state index is 13.1. The van der Waals surface area contributed by atoms with Crippen LogP contribution >= 0.6 is 0 Å². The Labute approximate surface area is 143 Å². The van der Waals surface area contributed by atoms with Gasteiger partial charge < -0.3 is 4.90 Å². The van der Waals surface area contributed by atoms with Crippen molar-refractivity contribution in [3.8, 4) is 5.69 Å².